The van der Waals surface area contributed by atoms with Crippen LogP contribution in [0.4, 0.5) is 0 Å². The molecule has 0 radical (unpaired) electrons. The van der Waals surface area contributed by atoms with Crippen LogP contribution in [0.2, 0.25) is 0 Å². The minimum absolute atomic E-state index is 0.0617. The number of aryl methyl sites for hydroxylation is 1. The van der Waals surface area contributed by atoms with Crippen LogP contribution in [0.1, 0.15) is 64.9 Å². The summed E-state index contributed by atoms with van der Waals surface area (Å²) in [6, 6.07) is 8.46. The van der Waals surface area contributed by atoms with Gasteiger partial charge in [0.05, 0.1) is 11.7 Å². The Bertz CT molecular complexity index is 839. The van der Waals surface area contributed by atoms with Crippen LogP contribution in [0.15, 0.2) is 24.3 Å². The maximum Gasteiger partial charge on any atom is 0.253 e. The summed E-state index contributed by atoms with van der Waals surface area (Å²) in [5.74, 6) is 1.30. The molecule has 1 atom stereocenters. The Morgan fingerprint density at radius 1 is 1.22 bits per heavy atom. The SMILES string of the molecule is CN(C)C(=O)c1cccc(CN2CCCC2c2nc3c(n2C)CCCC3)c1. The topological polar surface area (TPSA) is 41.4 Å². The van der Waals surface area contributed by atoms with Crippen LogP contribution in [0, 0.1) is 0 Å². The monoisotopic (exact) mass is 366 g/mol. The third-order valence-corrected chi connectivity index (χ3v) is 6.04. The van der Waals surface area contributed by atoms with E-state index in [1.165, 1.54) is 54.9 Å². The van der Waals surface area contributed by atoms with Crippen molar-refractivity contribution in [1.29, 1.82) is 0 Å². The molecule has 144 valence electrons. The number of aromatic nitrogens is 2. The molecule has 1 fully saturated rings. The van der Waals surface area contributed by atoms with Gasteiger partial charge in [0.1, 0.15) is 5.82 Å². The van der Waals surface area contributed by atoms with E-state index in [-0.39, 0.29) is 5.91 Å². The van der Waals surface area contributed by atoms with Gasteiger partial charge in [-0.2, -0.15) is 0 Å². The molecule has 0 bridgehead atoms. The van der Waals surface area contributed by atoms with Gasteiger partial charge in [-0.1, -0.05) is 12.1 Å². The van der Waals surface area contributed by atoms with Gasteiger partial charge in [0.25, 0.3) is 5.91 Å². The first-order valence-corrected chi connectivity index (χ1v) is 10.1. The molecular weight excluding hydrogens is 336 g/mol. The van der Waals surface area contributed by atoms with Crippen molar-refractivity contribution in [3.8, 4) is 0 Å². The molecular formula is C22H30N4O. The van der Waals surface area contributed by atoms with E-state index in [9.17, 15) is 4.79 Å². The van der Waals surface area contributed by atoms with E-state index in [1.807, 2.05) is 18.2 Å². The van der Waals surface area contributed by atoms with Crippen LogP contribution < -0.4 is 0 Å². The number of hydrogen-bond acceptors (Lipinski definition) is 3. The molecule has 2 heterocycles. The Hall–Kier alpha value is -2.14. The summed E-state index contributed by atoms with van der Waals surface area (Å²) in [5, 5.41) is 0. The zero-order valence-electron chi connectivity index (χ0n) is 16.7. The van der Waals surface area contributed by atoms with Crippen molar-refractivity contribution in [2.24, 2.45) is 7.05 Å². The fraction of sp³-hybridized carbons (Fsp3) is 0.545. The van der Waals surface area contributed by atoms with Crippen LogP contribution in [-0.4, -0.2) is 45.9 Å². The van der Waals surface area contributed by atoms with Crippen molar-refractivity contribution in [1.82, 2.24) is 19.4 Å². The highest BCUT2D eigenvalue weighted by molar-refractivity contribution is 5.94. The van der Waals surface area contributed by atoms with Crippen molar-refractivity contribution in [3.05, 3.63) is 52.6 Å². The Balaban J connectivity index is 1.55. The summed E-state index contributed by atoms with van der Waals surface area (Å²) in [4.78, 5) is 21.5. The lowest BCUT2D eigenvalue weighted by Gasteiger charge is -2.24. The third-order valence-electron chi connectivity index (χ3n) is 6.04. The summed E-state index contributed by atoms with van der Waals surface area (Å²) < 4.78 is 2.36. The van der Waals surface area contributed by atoms with Crippen molar-refractivity contribution >= 4 is 5.91 Å². The molecule has 5 heteroatoms. The fourth-order valence-corrected chi connectivity index (χ4v) is 4.61. The standard InChI is InChI=1S/C22H30N4O/c1-24(2)22(27)17-9-6-8-16(14-17)15-26-13-7-12-20(26)21-23-18-10-4-5-11-19(18)25(21)3/h6,8-9,14,20H,4-5,7,10-13,15H2,1-3H3. The lowest BCUT2D eigenvalue weighted by molar-refractivity contribution is 0.0827. The summed E-state index contributed by atoms with van der Waals surface area (Å²) in [6.07, 6.45) is 7.22. The number of imidazole rings is 1. The van der Waals surface area contributed by atoms with Gasteiger partial charge in [0.15, 0.2) is 0 Å². The van der Waals surface area contributed by atoms with Gasteiger partial charge < -0.3 is 9.47 Å². The van der Waals surface area contributed by atoms with Crippen molar-refractivity contribution in [2.45, 2.75) is 51.1 Å². The van der Waals surface area contributed by atoms with Crippen molar-refractivity contribution in [2.75, 3.05) is 20.6 Å². The Labute approximate surface area is 162 Å². The van der Waals surface area contributed by atoms with Gasteiger partial charge in [0.2, 0.25) is 0 Å². The summed E-state index contributed by atoms with van der Waals surface area (Å²) in [7, 11) is 5.79. The minimum Gasteiger partial charge on any atom is -0.345 e. The average Bonchev–Trinajstić information content (AvgIpc) is 3.25. The highest BCUT2D eigenvalue weighted by Gasteiger charge is 2.31. The van der Waals surface area contributed by atoms with Crippen LogP contribution in [0.3, 0.4) is 0 Å². The van der Waals surface area contributed by atoms with E-state index >= 15 is 0 Å². The first-order chi connectivity index (χ1) is 13.0. The highest BCUT2D eigenvalue weighted by atomic mass is 16.2. The molecule has 0 N–H and O–H groups in total. The summed E-state index contributed by atoms with van der Waals surface area (Å²) in [5.41, 5.74) is 4.74. The van der Waals surface area contributed by atoms with Crippen molar-refractivity contribution in [3.63, 3.8) is 0 Å². The molecule has 1 aromatic carbocycles. The number of carbonyl (C=O) groups excluding carboxylic acids is 1. The largest absolute Gasteiger partial charge is 0.345 e. The second kappa shape index (κ2) is 7.47. The second-order valence-electron chi connectivity index (χ2n) is 8.16. The Kier molecular flexibility index (Phi) is 5.04. The van der Waals surface area contributed by atoms with E-state index < -0.39 is 0 Å². The number of likely N-dealkylation sites (tertiary alicyclic amines) is 1. The molecule has 1 aromatic heterocycles. The molecule has 27 heavy (non-hydrogen) atoms. The first-order valence-electron chi connectivity index (χ1n) is 10.1. The lowest BCUT2D eigenvalue weighted by atomic mass is 10.0. The third kappa shape index (κ3) is 3.53. The number of fused-ring (bicyclic) bond motifs is 1. The summed E-state index contributed by atoms with van der Waals surface area (Å²) >= 11 is 0. The molecule has 1 amide bonds. The predicted molar refractivity (Wildman–Crippen MR) is 107 cm³/mol. The molecule has 1 saturated heterocycles. The molecule has 4 rings (SSSR count). The zero-order valence-corrected chi connectivity index (χ0v) is 16.7. The summed E-state index contributed by atoms with van der Waals surface area (Å²) in [6.45, 7) is 1.96. The van der Waals surface area contributed by atoms with Crippen LogP contribution >= 0.6 is 0 Å². The van der Waals surface area contributed by atoms with Crippen LogP contribution in [0.25, 0.3) is 0 Å². The van der Waals surface area contributed by atoms with Gasteiger partial charge in [0, 0.05) is 38.9 Å². The first kappa shape index (κ1) is 18.2. The number of benzene rings is 1. The molecule has 0 saturated carbocycles. The fourth-order valence-electron chi connectivity index (χ4n) is 4.61. The van der Waals surface area contributed by atoms with Gasteiger partial charge in [-0.15, -0.1) is 0 Å². The zero-order chi connectivity index (χ0) is 19.0. The maximum atomic E-state index is 12.3. The minimum atomic E-state index is 0.0617. The maximum absolute atomic E-state index is 12.3. The number of carbonyl (C=O) groups is 1. The van der Waals surface area contributed by atoms with E-state index in [1.54, 1.807) is 19.0 Å². The molecule has 2 aromatic rings. The lowest BCUT2D eigenvalue weighted by Crippen LogP contribution is -2.25. The quantitative estimate of drug-likeness (QED) is 0.833. The average molecular weight is 367 g/mol. The molecule has 2 aliphatic rings. The molecule has 1 unspecified atom stereocenters. The second-order valence-corrected chi connectivity index (χ2v) is 8.16. The van der Waals surface area contributed by atoms with Gasteiger partial charge in [-0.05, 0) is 62.8 Å². The molecule has 0 spiro atoms. The molecule has 1 aliphatic carbocycles. The smallest absolute Gasteiger partial charge is 0.253 e. The van der Waals surface area contributed by atoms with Gasteiger partial charge in [-0.25, -0.2) is 4.98 Å². The van der Waals surface area contributed by atoms with E-state index in [4.69, 9.17) is 4.98 Å². The predicted octanol–water partition coefficient (Wildman–Crippen LogP) is 3.34. The van der Waals surface area contributed by atoms with E-state index in [0.29, 0.717) is 6.04 Å². The van der Waals surface area contributed by atoms with E-state index in [0.717, 1.165) is 25.1 Å². The number of amides is 1. The van der Waals surface area contributed by atoms with E-state index in [2.05, 4.69) is 22.6 Å². The Morgan fingerprint density at radius 3 is 2.81 bits per heavy atom. The van der Waals surface area contributed by atoms with Crippen molar-refractivity contribution < 1.29 is 4.79 Å². The van der Waals surface area contributed by atoms with Crippen LogP contribution in [-0.2, 0) is 26.4 Å². The number of rotatable bonds is 4. The molecule has 1 aliphatic heterocycles. The van der Waals surface area contributed by atoms with Crippen LogP contribution in [0.5, 0.6) is 0 Å². The highest BCUT2D eigenvalue weighted by Crippen LogP contribution is 2.34. The number of nitrogens with zero attached hydrogens (tertiary/aromatic N) is 4. The normalized spacial score (nSPS) is 19.9. The van der Waals surface area contributed by atoms with Gasteiger partial charge >= 0.3 is 0 Å². The molecule has 5 nitrogen and oxygen atoms in total. The number of hydrogen-bond donors (Lipinski definition) is 0. The van der Waals surface area contributed by atoms with Gasteiger partial charge in [-0.3, -0.25) is 9.69 Å². The Morgan fingerprint density at radius 2 is 2.04 bits per heavy atom.